The number of hydrogen-bond donors (Lipinski definition) is 2. The Labute approximate surface area is 214 Å². The fraction of sp³-hybridized carbons (Fsp3) is 0.500. The minimum absolute atomic E-state index is 0.0429. The molecule has 3 aromatic rings. The van der Waals surface area contributed by atoms with Crippen LogP contribution in [0.4, 0.5) is 5.82 Å². The van der Waals surface area contributed by atoms with Gasteiger partial charge in [0.2, 0.25) is 5.91 Å². The van der Waals surface area contributed by atoms with Gasteiger partial charge in [0.15, 0.2) is 23.0 Å². The molecule has 3 atom stereocenters. The summed E-state index contributed by atoms with van der Waals surface area (Å²) >= 11 is 0. The van der Waals surface area contributed by atoms with E-state index in [1.54, 1.807) is 6.33 Å². The Morgan fingerprint density at radius 3 is 2.70 bits per heavy atom. The van der Waals surface area contributed by atoms with Gasteiger partial charge in [0.25, 0.3) is 0 Å². The number of hydrogen-bond acceptors (Lipinski definition) is 9. The van der Waals surface area contributed by atoms with Crippen LogP contribution in [-0.2, 0) is 25.7 Å². The molecule has 37 heavy (non-hydrogen) atoms. The van der Waals surface area contributed by atoms with Gasteiger partial charge in [0.05, 0.1) is 19.0 Å². The largest absolute Gasteiger partial charge is 0.459 e. The number of rotatable bonds is 10. The first-order valence-corrected chi connectivity index (χ1v) is 12.7. The van der Waals surface area contributed by atoms with Crippen molar-refractivity contribution in [3.05, 3.63) is 48.5 Å². The Morgan fingerprint density at radius 2 is 2.00 bits per heavy atom. The van der Waals surface area contributed by atoms with Gasteiger partial charge in [0.1, 0.15) is 19.2 Å². The molecule has 0 spiro atoms. The summed E-state index contributed by atoms with van der Waals surface area (Å²) in [5.41, 5.74) is 2.08. The molecular weight excluding hydrogens is 476 g/mol. The molecule has 2 fully saturated rings. The number of aliphatic hydroxyl groups excluding tert-OH is 1. The van der Waals surface area contributed by atoms with Crippen molar-refractivity contribution >= 4 is 28.9 Å². The monoisotopic (exact) mass is 508 g/mol. The number of nitrogens with zero attached hydrogens (tertiary/aromatic N) is 5. The maximum absolute atomic E-state index is 13.1. The molecule has 2 aliphatic rings. The number of nitrogens with one attached hydrogen (secondary N) is 1. The molecule has 0 bridgehead atoms. The minimum atomic E-state index is -1.19. The van der Waals surface area contributed by atoms with Crippen LogP contribution < -0.4 is 10.2 Å². The zero-order valence-corrected chi connectivity index (χ0v) is 20.8. The van der Waals surface area contributed by atoms with Crippen molar-refractivity contribution < 1.29 is 24.2 Å². The second kappa shape index (κ2) is 11.2. The summed E-state index contributed by atoms with van der Waals surface area (Å²) in [5.74, 6) is -0.547. The van der Waals surface area contributed by atoms with E-state index in [9.17, 15) is 14.7 Å². The standard InChI is InChI=1S/C26H32N6O5/c1-17(33)22(26(35)37-14-18-7-3-2-4-8-18)30-20(34)13-31(19-10-11-19)24-23-25(28-15-27-24)32(16-29-23)21-9-5-6-12-36-21/h2-4,7-8,15-17,19,21-22,33H,5-6,9-14H2,1H3,(H,30,34)/t17-,21?,22+/m1/s1. The average molecular weight is 509 g/mol. The van der Waals surface area contributed by atoms with E-state index in [0.717, 1.165) is 37.7 Å². The van der Waals surface area contributed by atoms with Crippen molar-refractivity contribution in [1.29, 1.82) is 0 Å². The van der Waals surface area contributed by atoms with E-state index in [0.29, 0.717) is 23.6 Å². The lowest BCUT2D eigenvalue weighted by molar-refractivity contribution is -0.152. The summed E-state index contributed by atoms with van der Waals surface area (Å²) in [5, 5.41) is 12.8. The fourth-order valence-electron chi connectivity index (χ4n) is 4.54. The fourth-order valence-corrected chi connectivity index (χ4v) is 4.54. The van der Waals surface area contributed by atoms with Crippen molar-refractivity contribution in [2.24, 2.45) is 0 Å². The number of imidazole rings is 1. The summed E-state index contributed by atoms with van der Waals surface area (Å²) in [7, 11) is 0. The second-order valence-electron chi connectivity index (χ2n) is 9.58. The van der Waals surface area contributed by atoms with Gasteiger partial charge in [-0.2, -0.15) is 0 Å². The quantitative estimate of drug-likeness (QED) is 0.395. The maximum Gasteiger partial charge on any atom is 0.331 e. The predicted molar refractivity (Wildman–Crippen MR) is 134 cm³/mol. The van der Waals surface area contributed by atoms with Crippen LogP contribution in [0.1, 0.15) is 50.8 Å². The number of ether oxygens (including phenoxy) is 2. The molecule has 2 N–H and O–H groups in total. The number of esters is 1. The second-order valence-corrected chi connectivity index (χ2v) is 9.58. The third-order valence-corrected chi connectivity index (χ3v) is 6.66. The van der Waals surface area contributed by atoms with Crippen molar-refractivity contribution in [2.75, 3.05) is 18.1 Å². The summed E-state index contributed by atoms with van der Waals surface area (Å²) in [6.45, 7) is 2.16. The topological polar surface area (TPSA) is 132 Å². The smallest absolute Gasteiger partial charge is 0.331 e. The molecule has 1 aliphatic carbocycles. The molecule has 1 saturated carbocycles. The van der Waals surface area contributed by atoms with Crippen LogP contribution in [0.25, 0.3) is 11.2 Å². The van der Waals surface area contributed by atoms with E-state index in [-0.39, 0.29) is 25.4 Å². The summed E-state index contributed by atoms with van der Waals surface area (Å²) in [6, 6.07) is 8.18. The lowest BCUT2D eigenvalue weighted by Gasteiger charge is -2.26. The Morgan fingerprint density at radius 1 is 1.19 bits per heavy atom. The van der Waals surface area contributed by atoms with E-state index >= 15 is 0 Å². The van der Waals surface area contributed by atoms with Gasteiger partial charge in [-0.05, 0) is 44.6 Å². The van der Waals surface area contributed by atoms with Crippen LogP contribution in [0.5, 0.6) is 0 Å². The SMILES string of the molecule is C[C@@H](O)[C@H](NC(=O)CN(c1ncnc2c1ncn2C1CCCCO1)C1CC1)C(=O)OCc1ccccc1. The molecule has 1 unspecified atom stereocenters. The van der Waals surface area contributed by atoms with Crippen LogP contribution in [-0.4, -0.2) is 67.8 Å². The highest BCUT2D eigenvalue weighted by molar-refractivity contribution is 5.90. The first kappa shape index (κ1) is 25.1. The van der Waals surface area contributed by atoms with Crippen LogP contribution in [0, 0.1) is 0 Å². The zero-order chi connectivity index (χ0) is 25.8. The molecule has 1 amide bonds. The maximum atomic E-state index is 13.1. The van der Waals surface area contributed by atoms with Crippen LogP contribution in [0.15, 0.2) is 43.0 Å². The van der Waals surface area contributed by atoms with E-state index in [1.807, 2.05) is 39.8 Å². The third-order valence-electron chi connectivity index (χ3n) is 6.66. The first-order valence-electron chi connectivity index (χ1n) is 12.7. The predicted octanol–water partition coefficient (Wildman–Crippen LogP) is 2.10. The Balaban J connectivity index is 1.29. The van der Waals surface area contributed by atoms with Gasteiger partial charge < -0.3 is 24.8 Å². The van der Waals surface area contributed by atoms with Crippen molar-refractivity contribution in [2.45, 2.75) is 70.1 Å². The highest BCUT2D eigenvalue weighted by atomic mass is 16.5. The number of amides is 1. The lowest BCUT2D eigenvalue weighted by Crippen LogP contribution is -2.51. The highest BCUT2D eigenvalue weighted by Crippen LogP contribution is 2.34. The summed E-state index contributed by atoms with van der Waals surface area (Å²) in [6.07, 6.45) is 6.80. The van der Waals surface area contributed by atoms with Crippen molar-refractivity contribution in [3.8, 4) is 0 Å². The number of aliphatic hydroxyl groups is 1. The Bertz CT molecular complexity index is 1220. The molecule has 0 radical (unpaired) electrons. The summed E-state index contributed by atoms with van der Waals surface area (Å²) in [4.78, 5) is 41.1. The number of fused-ring (bicyclic) bond motifs is 1. The molecule has 11 heteroatoms. The average Bonchev–Trinajstić information content (AvgIpc) is 3.67. The zero-order valence-electron chi connectivity index (χ0n) is 20.8. The van der Waals surface area contributed by atoms with Crippen LogP contribution in [0.2, 0.25) is 0 Å². The van der Waals surface area contributed by atoms with Gasteiger partial charge in [-0.3, -0.25) is 9.36 Å². The molecule has 1 aromatic carbocycles. The van der Waals surface area contributed by atoms with E-state index < -0.39 is 24.0 Å². The van der Waals surface area contributed by atoms with E-state index in [4.69, 9.17) is 9.47 Å². The van der Waals surface area contributed by atoms with Gasteiger partial charge >= 0.3 is 5.97 Å². The number of aromatic nitrogens is 4. The van der Waals surface area contributed by atoms with Crippen LogP contribution in [0.3, 0.4) is 0 Å². The highest BCUT2D eigenvalue weighted by Gasteiger charge is 2.35. The summed E-state index contributed by atoms with van der Waals surface area (Å²) < 4.78 is 13.2. The lowest BCUT2D eigenvalue weighted by atomic mass is 10.2. The van der Waals surface area contributed by atoms with Crippen molar-refractivity contribution in [1.82, 2.24) is 24.8 Å². The van der Waals surface area contributed by atoms with Crippen LogP contribution >= 0.6 is 0 Å². The normalized spacial score (nSPS) is 19.2. The molecule has 196 valence electrons. The number of anilines is 1. The number of carbonyl (C=O) groups is 2. The molecule has 5 rings (SSSR count). The van der Waals surface area contributed by atoms with Crippen molar-refractivity contribution in [3.63, 3.8) is 0 Å². The van der Waals surface area contributed by atoms with Gasteiger partial charge in [-0.15, -0.1) is 0 Å². The Hall–Kier alpha value is -3.57. The Kier molecular flexibility index (Phi) is 7.61. The number of benzene rings is 1. The molecule has 1 saturated heterocycles. The number of carbonyl (C=O) groups excluding carboxylic acids is 2. The van der Waals surface area contributed by atoms with Gasteiger partial charge in [-0.25, -0.2) is 19.7 Å². The molecular formula is C26H32N6O5. The molecule has 3 heterocycles. The van der Waals surface area contributed by atoms with Gasteiger partial charge in [0, 0.05) is 12.6 Å². The first-order chi connectivity index (χ1) is 18.0. The molecule has 2 aromatic heterocycles. The van der Waals surface area contributed by atoms with Gasteiger partial charge in [-0.1, -0.05) is 30.3 Å². The molecule has 11 nitrogen and oxygen atoms in total. The van der Waals surface area contributed by atoms with E-state index in [2.05, 4.69) is 20.3 Å². The minimum Gasteiger partial charge on any atom is -0.459 e. The third kappa shape index (κ3) is 5.89. The van der Waals surface area contributed by atoms with E-state index in [1.165, 1.54) is 13.3 Å². The molecule has 1 aliphatic heterocycles.